The highest BCUT2D eigenvalue weighted by atomic mass is 16.6. The SMILES string of the molecule is CC[C@H]1C=C(c2ccc([N+](=O)[O-])cc2)O[C@H](N2CCCCC2)[C@H]1C. The zero-order chi connectivity index (χ0) is 17.1. The maximum atomic E-state index is 10.8. The Labute approximate surface area is 143 Å². The number of rotatable bonds is 4. The fraction of sp³-hybridized carbons (Fsp3) is 0.579. The normalized spacial score (nSPS) is 28.1. The molecule has 1 saturated heterocycles. The van der Waals surface area contributed by atoms with Gasteiger partial charge in [0.15, 0.2) is 6.23 Å². The molecule has 24 heavy (non-hydrogen) atoms. The van der Waals surface area contributed by atoms with Crippen LogP contribution in [-0.2, 0) is 4.74 Å². The fourth-order valence-electron chi connectivity index (χ4n) is 3.82. The Bertz CT molecular complexity index is 606. The third kappa shape index (κ3) is 3.46. The van der Waals surface area contributed by atoms with Crippen LogP contribution in [0.15, 0.2) is 30.3 Å². The van der Waals surface area contributed by atoms with E-state index in [2.05, 4.69) is 24.8 Å². The average Bonchev–Trinajstić information content (AvgIpc) is 2.62. The maximum absolute atomic E-state index is 10.8. The molecule has 1 aromatic rings. The van der Waals surface area contributed by atoms with Crippen molar-refractivity contribution in [2.75, 3.05) is 13.1 Å². The molecule has 0 spiro atoms. The molecule has 5 heteroatoms. The van der Waals surface area contributed by atoms with Gasteiger partial charge in [0.1, 0.15) is 5.76 Å². The number of benzene rings is 1. The van der Waals surface area contributed by atoms with Crippen molar-refractivity contribution < 1.29 is 9.66 Å². The molecular weight excluding hydrogens is 304 g/mol. The van der Waals surface area contributed by atoms with Gasteiger partial charge in [0.2, 0.25) is 0 Å². The van der Waals surface area contributed by atoms with Gasteiger partial charge in [-0.25, -0.2) is 0 Å². The molecule has 0 amide bonds. The summed E-state index contributed by atoms with van der Waals surface area (Å²) in [6.07, 6.45) is 7.16. The molecule has 0 unspecified atom stereocenters. The predicted molar refractivity (Wildman–Crippen MR) is 94.3 cm³/mol. The minimum absolute atomic E-state index is 0.102. The number of piperidine rings is 1. The van der Waals surface area contributed by atoms with E-state index < -0.39 is 0 Å². The first-order valence-corrected chi connectivity index (χ1v) is 8.97. The predicted octanol–water partition coefficient (Wildman–Crippen LogP) is 4.44. The van der Waals surface area contributed by atoms with Crippen LogP contribution in [0.4, 0.5) is 5.69 Å². The third-order valence-corrected chi connectivity index (χ3v) is 5.32. The Kier molecular flexibility index (Phi) is 5.19. The molecule has 130 valence electrons. The van der Waals surface area contributed by atoms with Crippen molar-refractivity contribution in [1.82, 2.24) is 4.90 Å². The average molecular weight is 330 g/mol. The Balaban J connectivity index is 1.84. The van der Waals surface area contributed by atoms with Crippen molar-refractivity contribution in [2.24, 2.45) is 11.8 Å². The van der Waals surface area contributed by atoms with E-state index in [0.717, 1.165) is 30.8 Å². The molecule has 0 saturated carbocycles. The summed E-state index contributed by atoms with van der Waals surface area (Å²) in [7, 11) is 0. The van der Waals surface area contributed by atoms with E-state index in [1.54, 1.807) is 24.3 Å². The summed E-state index contributed by atoms with van der Waals surface area (Å²) >= 11 is 0. The first-order valence-electron chi connectivity index (χ1n) is 8.97. The van der Waals surface area contributed by atoms with Crippen molar-refractivity contribution in [3.63, 3.8) is 0 Å². The van der Waals surface area contributed by atoms with E-state index in [0.29, 0.717) is 11.8 Å². The zero-order valence-corrected chi connectivity index (χ0v) is 14.5. The van der Waals surface area contributed by atoms with Gasteiger partial charge in [-0.05, 0) is 43.4 Å². The van der Waals surface area contributed by atoms with Crippen LogP contribution in [0.1, 0.15) is 45.1 Å². The molecular formula is C19H26N2O3. The lowest BCUT2D eigenvalue weighted by molar-refractivity contribution is -0.384. The number of allylic oxidation sites excluding steroid dienone is 1. The van der Waals surface area contributed by atoms with Crippen LogP contribution < -0.4 is 0 Å². The van der Waals surface area contributed by atoms with Gasteiger partial charge in [0.05, 0.1) is 4.92 Å². The number of likely N-dealkylation sites (tertiary alicyclic amines) is 1. The van der Waals surface area contributed by atoms with Crippen LogP contribution in [0, 0.1) is 22.0 Å². The smallest absolute Gasteiger partial charge is 0.269 e. The topological polar surface area (TPSA) is 55.6 Å². The molecule has 0 radical (unpaired) electrons. The van der Waals surface area contributed by atoms with Crippen molar-refractivity contribution in [3.05, 3.63) is 46.0 Å². The number of nitro benzene ring substituents is 1. The summed E-state index contributed by atoms with van der Waals surface area (Å²) in [5.74, 6) is 1.79. The second-order valence-electron chi connectivity index (χ2n) is 6.87. The highest BCUT2D eigenvalue weighted by Crippen LogP contribution is 2.37. The Morgan fingerprint density at radius 3 is 2.46 bits per heavy atom. The third-order valence-electron chi connectivity index (χ3n) is 5.32. The first kappa shape index (κ1) is 17.0. The lowest BCUT2D eigenvalue weighted by Crippen LogP contribution is -2.47. The van der Waals surface area contributed by atoms with E-state index in [1.165, 1.54) is 19.3 Å². The standard InChI is InChI=1S/C19H26N2O3/c1-3-15-13-18(16-7-9-17(10-8-16)21(22)23)24-19(14(15)2)20-11-5-4-6-12-20/h7-10,13-15,19H,3-6,11-12H2,1-2H3/t14-,15-,19-/m0/s1. The Hall–Kier alpha value is -1.88. The summed E-state index contributed by atoms with van der Waals surface area (Å²) in [5, 5.41) is 10.8. The Morgan fingerprint density at radius 2 is 1.88 bits per heavy atom. The van der Waals surface area contributed by atoms with Crippen molar-refractivity contribution in [1.29, 1.82) is 0 Å². The van der Waals surface area contributed by atoms with Gasteiger partial charge in [-0.3, -0.25) is 15.0 Å². The lowest BCUT2D eigenvalue weighted by Gasteiger charge is -2.43. The largest absolute Gasteiger partial charge is 0.475 e. The van der Waals surface area contributed by atoms with Gasteiger partial charge in [-0.1, -0.05) is 20.3 Å². The number of nitro groups is 1. The number of hydrogen-bond donors (Lipinski definition) is 0. The lowest BCUT2D eigenvalue weighted by atomic mass is 9.85. The van der Waals surface area contributed by atoms with E-state index in [4.69, 9.17) is 4.74 Å². The van der Waals surface area contributed by atoms with E-state index >= 15 is 0 Å². The van der Waals surface area contributed by atoms with Crippen LogP contribution >= 0.6 is 0 Å². The molecule has 2 aliphatic heterocycles. The monoisotopic (exact) mass is 330 g/mol. The minimum atomic E-state index is -0.368. The molecule has 3 rings (SSSR count). The van der Waals surface area contributed by atoms with Crippen LogP contribution in [0.25, 0.3) is 5.76 Å². The van der Waals surface area contributed by atoms with Gasteiger partial charge in [-0.2, -0.15) is 0 Å². The molecule has 2 aliphatic rings. The van der Waals surface area contributed by atoms with Gasteiger partial charge in [-0.15, -0.1) is 0 Å². The van der Waals surface area contributed by atoms with E-state index in [-0.39, 0.29) is 16.8 Å². The molecule has 1 fully saturated rings. The number of hydrogen-bond acceptors (Lipinski definition) is 4. The molecule has 0 N–H and O–H groups in total. The van der Waals surface area contributed by atoms with Crippen molar-refractivity contribution in [2.45, 2.75) is 45.8 Å². The van der Waals surface area contributed by atoms with Gasteiger partial charge in [0.25, 0.3) is 5.69 Å². The van der Waals surface area contributed by atoms with E-state index in [9.17, 15) is 10.1 Å². The second kappa shape index (κ2) is 7.34. The molecule has 0 aromatic heterocycles. The van der Waals surface area contributed by atoms with Crippen LogP contribution in [0.2, 0.25) is 0 Å². The minimum Gasteiger partial charge on any atom is -0.475 e. The molecule has 0 aliphatic carbocycles. The molecule has 0 bridgehead atoms. The Morgan fingerprint density at radius 1 is 1.21 bits per heavy atom. The summed E-state index contributed by atoms with van der Waals surface area (Å²) in [4.78, 5) is 12.9. The van der Waals surface area contributed by atoms with E-state index in [1.807, 2.05) is 0 Å². The maximum Gasteiger partial charge on any atom is 0.269 e. The van der Waals surface area contributed by atoms with Crippen LogP contribution in [0.5, 0.6) is 0 Å². The second-order valence-corrected chi connectivity index (χ2v) is 6.87. The summed E-state index contributed by atoms with van der Waals surface area (Å²) in [6.45, 7) is 6.68. The van der Waals surface area contributed by atoms with Gasteiger partial charge < -0.3 is 4.74 Å². The molecule has 2 heterocycles. The number of nitrogens with zero attached hydrogens (tertiary/aromatic N) is 2. The number of non-ortho nitro benzene ring substituents is 1. The quantitative estimate of drug-likeness (QED) is 0.605. The highest BCUT2D eigenvalue weighted by Gasteiger charge is 2.35. The highest BCUT2D eigenvalue weighted by molar-refractivity contribution is 5.62. The fourth-order valence-corrected chi connectivity index (χ4v) is 3.82. The summed E-state index contributed by atoms with van der Waals surface area (Å²) < 4.78 is 6.37. The number of ether oxygens (including phenoxy) is 1. The first-order chi connectivity index (χ1) is 11.6. The zero-order valence-electron chi connectivity index (χ0n) is 14.5. The van der Waals surface area contributed by atoms with Gasteiger partial charge in [0, 0.05) is 36.7 Å². The molecule has 1 aromatic carbocycles. The van der Waals surface area contributed by atoms with Crippen molar-refractivity contribution >= 4 is 11.4 Å². The summed E-state index contributed by atoms with van der Waals surface area (Å²) in [5.41, 5.74) is 1.04. The van der Waals surface area contributed by atoms with Crippen LogP contribution in [0.3, 0.4) is 0 Å². The van der Waals surface area contributed by atoms with Crippen LogP contribution in [-0.4, -0.2) is 29.1 Å². The van der Waals surface area contributed by atoms with Crippen molar-refractivity contribution in [3.8, 4) is 0 Å². The molecule has 5 nitrogen and oxygen atoms in total. The summed E-state index contributed by atoms with van der Waals surface area (Å²) in [6, 6.07) is 6.68. The van der Waals surface area contributed by atoms with Gasteiger partial charge >= 0.3 is 0 Å². The molecule has 3 atom stereocenters.